The summed E-state index contributed by atoms with van der Waals surface area (Å²) >= 11 is 0. The van der Waals surface area contributed by atoms with Crippen LogP contribution in [0.25, 0.3) is 0 Å². The van der Waals surface area contributed by atoms with Crippen molar-refractivity contribution in [3.63, 3.8) is 0 Å². The zero-order valence-electron chi connectivity index (χ0n) is 19.5. The number of rotatable bonds is 10. The maximum absolute atomic E-state index is 12.6. The summed E-state index contributed by atoms with van der Waals surface area (Å²) in [6, 6.07) is 10.2. The van der Waals surface area contributed by atoms with Crippen molar-refractivity contribution >= 4 is 21.8 Å². The normalized spacial score (nSPS) is 11.4. The summed E-state index contributed by atoms with van der Waals surface area (Å²) in [7, 11) is -2.56. The van der Waals surface area contributed by atoms with E-state index in [0.29, 0.717) is 23.8 Å². The van der Waals surface area contributed by atoms with Crippen LogP contribution in [0.4, 0.5) is 0 Å². The molecule has 0 atom stereocenters. The molecule has 33 heavy (non-hydrogen) atoms. The fourth-order valence-electron chi connectivity index (χ4n) is 2.77. The van der Waals surface area contributed by atoms with Crippen LogP contribution in [0.5, 0.6) is 11.5 Å². The second-order valence-electron chi connectivity index (χ2n) is 8.11. The first-order valence-electron chi connectivity index (χ1n) is 10.6. The van der Waals surface area contributed by atoms with Gasteiger partial charge < -0.3 is 9.47 Å². The van der Waals surface area contributed by atoms with E-state index < -0.39 is 21.8 Å². The molecule has 0 aliphatic heterocycles. The molecule has 9 nitrogen and oxygen atoms in total. The quantitative estimate of drug-likeness (QED) is 0.452. The van der Waals surface area contributed by atoms with Crippen LogP contribution in [0.2, 0.25) is 0 Å². The Balaban J connectivity index is 2.04. The molecule has 0 spiro atoms. The SMILES string of the molecule is COc1ccc(C(=O)NNC(=O)c2ccc(OCCC(C)C)cc2)cc1S(=O)(=O)NC(C)C. The average Bonchev–Trinajstić information content (AvgIpc) is 2.76. The van der Waals surface area contributed by atoms with Crippen molar-refractivity contribution in [3.8, 4) is 11.5 Å². The minimum absolute atomic E-state index is 0.0362. The number of hydrazine groups is 1. The van der Waals surface area contributed by atoms with E-state index in [1.54, 1.807) is 38.1 Å². The Morgan fingerprint density at radius 2 is 1.48 bits per heavy atom. The number of methoxy groups -OCH3 is 1. The molecular formula is C23H31N3O6S. The summed E-state index contributed by atoms with van der Waals surface area (Å²) in [6.07, 6.45) is 0.927. The first-order valence-corrected chi connectivity index (χ1v) is 12.1. The summed E-state index contributed by atoms with van der Waals surface area (Å²) in [5.74, 6) is 0.0743. The van der Waals surface area contributed by atoms with Gasteiger partial charge in [-0.15, -0.1) is 0 Å². The lowest BCUT2D eigenvalue weighted by molar-refractivity contribution is 0.0846. The van der Waals surface area contributed by atoms with Gasteiger partial charge in [-0.25, -0.2) is 13.1 Å². The highest BCUT2D eigenvalue weighted by Crippen LogP contribution is 2.25. The van der Waals surface area contributed by atoms with Crippen molar-refractivity contribution in [1.29, 1.82) is 0 Å². The Hall–Kier alpha value is -3.11. The van der Waals surface area contributed by atoms with Crippen LogP contribution >= 0.6 is 0 Å². The van der Waals surface area contributed by atoms with Gasteiger partial charge in [-0.2, -0.15) is 0 Å². The summed E-state index contributed by atoms with van der Waals surface area (Å²) in [5, 5.41) is 0. The summed E-state index contributed by atoms with van der Waals surface area (Å²) in [6.45, 7) is 8.17. The first kappa shape index (κ1) is 26.1. The number of carbonyl (C=O) groups is 2. The van der Waals surface area contributed by atoms with Gasteiger partial charge in [-0.05, 0) is 68.7 Å². The van der Waals surface area contributed by atoms with Gasteiger partial charge in [0.1, 0.15) is 16.4 Å². The van der Waals surface area contributed by atoms with E-state index >= 15 is 0 Å². The Labute approximate surface area is 194 Å². The average molecular weight is 478 g/mol. The van der Waals surface area contributed by atoms with Gasteiger partial charge in [0, 0.05) is 17.2 Å². The fraction of sp³-hybridized carbons (Fsp3) is 0.391. The molecule has 3 N–H and O–H groups in total. The third kappa shape index (κ3) is 7.76. The zero-order chi connectivity index (χ0) is 24.6. The maximum Gasteiger partial charge on any atom is 0.269 e. The molecule has 0 heterocycles. The number of hydrogen-bond acceptors (Lipinski definition) is 6. The fourth-order valence-corrected chi connectivity index (χ4v) is 4.22. The molecule has 0 bridgehead atoms. The molecule has 0 aliphatic carbocycles. The molecule has 2 aromatic rings. The van der Waals surface area contributed by atoms with Crippen molar-refractivity contribution in [2.24, 2.45) is 5.92 Å². The molecule has 2 amide bonds. The van der Waals surface area contributed by atoms with Gasteiger partial charge >= 0.3 is 0 Å². The lowest BCUT2D eigenvalue weighted by Crippen LogP contribution is -2.41. The standard InChI is InChI=1S/C23H31N3O6S/c1-15(2)12-13-32-19-9-6-17(7-10-19)22(27)24-25-23(28)18-8-11-20(31-5)21(14-18)33(29,30)26-16(3)4/h6-11,14-16,26H,12-13H2,1-5H3,(H,24,27)(H,25,28). The predicted molar refractivity (Wildman–Crippen MR) is 125 cm³/mol. The molecular weight excluding hydrogens is 446 g/mol. The highest BCUT2D eigenvalue weighted by Gasteiger charge is 2.22. The molecule has 0 saturated carbocycles. The van der Waals surface area contributed by atoms with Crippen LogP contribution in [0, 0.1) is 5.92 Å². The van der Waals surface area contributed by atoms with Crippen LogP contribution in [0.1, 0.15) is 54.8 Å². The molecule has 0 unspecified atom stereocenters. The number of carbonyl (C=O) groups excluding carboxylic acids is 2. The van der Waals surface area contributed by atoms with Crippen LogP contribution in [-0.2, 0) is 10.0 Å². The highest BCUT2D eigenvalue weighted by atomic mass is 32.2. The molecule has 0 radical (unpaired) electrons. The van der Waals surface area contributed by atoms with E-state index in [0.717, 1.165) is 6.42 Å². The Morgan fingerprint density at radius 3 is 2.03 bits per heavy atom. The zero-order valence-corrected chi connectivity index (χ0v) is 20.3. The Bertz CT molecular complexity index is 1070. The van der Waals surface area contributed by atoms with Gasteiger partial charge in [0.05, 0.1) is 13.7 Å². The van der Waals surface area contributed by atoms with Gasteiger partial charge in [0.25, 0.3) is 11.8 Å². The second kappa shape index (κ2) is 11.7. The molecule has 0 aromatic heterocycles. The van der Waals surface area contributed by atoms with Crippen molar-refractivity contribution in [3.05, 3.63) is 53.6 Å². The minimum atomic E-state index is -3.90. The third-order valence-corrected chi connectivity index (χ3v) is 6.16. The largest absolute Gasteiger partial charge is 0.495 e. The Kier molecular flexibility index (Phi) is 9.24. The number of sulfonamides is 1. The van der Waals surface area contributed by atoms with Crippen molar-refractivity contribution in [2.75, 3.05) is 13.7 Å². The van der Waals surface area contributed by atoms with E-state index in [4.69, 9.17) is 9.47 Å². The van der Waals surface area contributed by atoms with E-state index in [1.165, 1.54) is 25.3 Å². The van der Waals surface area contributed by atoms with Crippen molar-refractivity contribution in [2.45, 2.75) is 45.1 Å². The van der Waals surface area contributed by atoms with E-state index in [9.17, 15) is 18.0 Å². The number of ether oxygens (including phenoxy) is 2. The first-order chi connectivity index (χ1) is 15.5. The molecule has 0 saturated heterocycles. The molecule has 180 valence electrons. The number of amides is 2. The molecule has 2 aromatic carbocycles. The summed E-state index contributed by atoms with van der Waals surface area (Å²) in [4.78, 5) is 24.7. The topological polar surface area (TPSA) is 123 Å². The molecule has 0 aliphatic rings. The minimum Gasteiger partial charge on any atom is -0.495 e. The second-order valence-corrected chi connectivity index (χ2v) is 9.79. The third-order valence-electron chi connectivity index (χ3n) is 4.48. The van der Waals surface area contributed by atoms with Gasteiger partial charge in [-0.1, -0.05) is 13.8 Å². The molecule has 0 fully saturated rings. The van der Waals surface area contributed by atoms with Crippen LogP contribution < -0.4 is 25.0 Å². The molecule has 10 heteroatoms. The smallest absolute Gasteiger partial charge is 0.269 e. The highest BCUT2D eigenvalue weighted by molar-refractivity contribution is 7.89. The van der Waals surface area contributed by atoms with Crippen LogP contribution in [0.3, 0.4) is 0 Å². The lowest BCUT2D eigenvalue weighted by Gasteiger charge is -2.14. The van der Waals surface area contributed by atoms with Crippen LogP contribution in [-0.4, -0.2) is 40.0 Å². The van der Waals surface area contributed by atoms with E-state index in [1.807, 2.05) is 0 Å². The van der Waals surface area contributed by atoms with E-state index in [2.05, 4.69) is 29.4 Å². The number of nitrogens with one attached hydrogen (secondary N) is 3. The van der Waals surface area contributed by atoms with Crippen molar-refractivity contribution in [1.82, 2.24) is 15.6 Å². The summed E-state index contributed by atoms with van der Waals surface area (Å²) in [5.41, 5.74) is 4.97. The number of hydrogen-bond donors (Lipinski definition) is 3. The lowest BCUT2D eigenvalue weighted by atomic mass is 10.1. The van der Waals surface area contributed by atoms with E-state index in [-0.39, 0.29) is 22.3 Å². The number of benzene rings is 2. The predicted octanol–water partition coefficient (Wildman–Crippen LogP) is 2.88. The Morgan fingerprint density at radius 1 is 0.909 bits per heavy atom. The maximum atomic E-state index is 12.6. The summed E-state index contributed by atoms with van der Waals surface area (Å²) < 4.78 is 38.3. The van der Waals surface area contributed by atoms with Gasteiger partial charge in [-0.3, -0.25) is 20.4 Å². The molecule has 2 rings (SSSR count). The monoisotopic (exact) mass is 477 g/mol. The van der Waals surface area contributed by atoms with Gasteiger partial charge in [0.2, 0.25) is 10.0 Å². The van der Waals surface area contributed by atoms with Gasteiger partial charge in [0.15, 0.2) is 0 Å². The van der Waals surface area contributed by atoms with Crippen molar-refractivity contribution < 1.29 is 27.5 Å². The van der Waals surface area contributed by atoms with Crippen LogP contribution in [0.15, 0.2) is 47.4 Å².